The summed E-state index contributed by atoms with van der Waals surface area (Å²) in [5.41, 5.74) is 2.40. The zero-order chi connectivity index (χ0) is 8.27. The molecule has 5 nitrogen and oxygen atoms in total. The van der Waals surface area contributed by atoms with Crippen molar-refractivity contribution in [3.63, 3.8) is 0 Å². The molecule has 0 amide bonds. The quantitative estimate of drug-likeness (QED) is 0.573. The molecule has 0 aliphatic carbocycles. The van der Waals surface area contributed by atoms with Crippen molar-refractivity contribution < 1.29 is 0 Å². The summed E-state index contributed by atoms with van der Waals surface area (Å²) in [6.07, 6.45) is 0. The van der Waals surface area contributed by atoms with Gasteiger partial charge in [-0.3, -0.25) is 0 Å². The zero-order valence-electron chi connectivity index (χ0n) is 7.39. The van der Waals surface area contributed by atoms with Crippen molar-refractivity contribution in [3.05, 3.63) is 12.1 Å². The largest absolute Gasteiger partial charge is 0.361 e. The second-order valence-electron chi connectivity index (χ2n) is 2.32. The number of nitrogen functional groups attached to an aromatic ring is 1. The van der Waals surface area contributed by atoms with Gasteiger partial charge < -0.3 is 10.3 Å². The highest BCUT2D eigenvalue weighted by atomic mass is 35.5. The van der Waals surface area contributed by atoms with Gasteiger partial charge >= 0.3 is 0 Å². The first-order valence-corrected chi connectivity index (χ1v) is 3.21. The second-order valence-corrected chi connectivity index (χ2v) is 2.32. The van der Waals surface area contributed by atoms with Crippen LogP contribution < -0.4 is 16.2 Å². The molecule has 0 unspecified atom stereocenters. The minimum atomic E-state index is 0. The minimum Gasteiger partial charge on any atom is -0.361 e. The van der Waals surface area contributed by atoms with Crippen LogP contribution in [-0.4, -0.2) is 24.3 Å². The number of rotatable bonds is 2. The van der Waals surface area contributed by atoms with Crippen LogP contribution in [0.2, 0.25) is 0 Å². The van der Waals surface area contributed by atoms with E-state index in [9.17, 15) is 0 Å². The molecule has 0 aliphatic heterocycles. The summed E-state index contributed by atoms with van der Waals surface area (Å²) in [6, 6.07) is 3.60. The Labute approximate surface area is 89.5 Å². The maximum atomic E-state index is 5.11. The van der Waals surface area contributed by atoms with Gasteiger partial charge in [-0.25, -0.2) is 5.84 Å². The molecule has 0 bridgehead atoms. The first-order valence-electron chi connectivity index (χ1n) is 3.21. The molecule has 13 heavy (non-hydrogen) atoms. The summed E-state index contributed by atoms with van der Waals surface area (Å²) < 4.78 is 0. The van der Waals surface area contributed by atoms with Gasteiger partial charge in [-0.05, 0) is 12.1 Å². The third-order valence-electron chi connectivity index (χ3n) is 1.26. The lowest BCUT2D eigenvalue weighted by Gasteiger charge is -2.09. The van der Waals surface area contributed by atoms with Crippen LogP contribution in [0.25, 0.3) is 0 Å². The molecule has 0 saturated carbocycles. The fourth-order valence-corrected chi connectivity index (χ4v) is 0.641. The third kappa shape index (κ3) is 4.12. The summed E-state index contributed by atoms with van der Waals surface area (Å²) in [5.74, 6) is 6.48. The van der Waals surface area contributed by atoms with Crippen LogP contribution in [0.3, 0.4) is 0 Å². The number of nitrogens with one attached hydrogen (secondary N) is 1. The van der Waals surface area contributed by atoms with Gasteiger partial charge in [0.15, 0.2) is 11.6 Å². The molecular formula is C6H13Cl2N5. The van der Waals surface area contributed by atoms with Gasteiger partial charge in [-0.15, -0.1) is 35.0 Å². The van der Waals surface area contributed by atoms with E-state index in [1.165, 1.54) is 0 Å². The molecule has 0 fully saturated rings. The van der Waals surface area contributed by atoms with Crippen LogP contribution in [0, 0.1) is 0 Å². The predicted molar refractivity (Wildman–Crippen MR) is 58.7 cm³/mol. The number of hydrogen-bond acceptors (Lipinski definition) is 5. The van der Waals surface area contributed by atoms with Gasteiger partial charge in [0.25, 0.3) is 0 Å². The van der Waals surface area contributed by atoms with E-state index in [0.29, 0.717) is 5.82 Å². The van der Waals surface area contributed by atoms with E-state index < -0.39 is 0 Å². The summed E-state index contributed by atoms with van der Waals surface area (Å²) in [5, 5.41) is 7.67. The molecule has 1 aromatic rings. The molecule has 0 aliphatic rings. The number of halogens is 2. The van der Waals surface area contributed by atoms with E-state index >= 15 is 0 Å². The van der Waals surface area contributed by atoms with Crippen molar-refractivity contribution in [1.82, 2.24) is 10.2 Å². The first-order chi connectivity index (χ1) is 5.24. The standard InChI is InChI=1S/C6H11N5.2ClH/c1-11(2)6-4-3-5(8-7)9-10-6;;/h3-4H,7H2,1-2H3,(H,8,9);2*1H. The Balaban J connectivity index is 0. The zero-order valence-corrected chi connectivity index (χ0v) is 9.02. The highest BCUT2D eigenvalue weighted by molar-refractivity contribution is 5.85. The van der Waals surface area contributed by atoms with Gasteiger partial charge in [0.2, 0.25) is 0 Å². The predicted octanol–water partition coefficient (Wildman–Crippen LogP) is 0.672. The maximum Gasteiger partial charge on any atom is 0.162 e. The normalized spacial score (nSPS) is 7.92. The Bertz CT molecular complexity index is 225. The van der Waals surface area contributed by atoms with Crippen LogP contribution in [0.4, 0.5) is 11.6 Å². The van der Waals surface area contributed by atoms with Gasteiger partial charge in [-0.2, -0.15) is 0 Å². The lowest BCUT2D eigenvalue weighted by Crippen LogP contribution is -2.13. The van der Waals surface area contributed by atoms with E-state index in [0.717, 1.165) is 5.82 Å². The fourth-order valence-electron chi connectivity index (χ4n) is 0.641. The highest BCUT2D eigenvalue weighted by Gasteiger charge is 1.96. The van der Waals surface area contributed by atoms with Gasteiger partial charge in [0, 0.05) is 14.1 Å². The molecule has 0 atom stereocenters. The van der Waals surface area contributed by atoms with Crippen LogP contribution in [0.1, 0.15) is 0 Å². The molecular weight excluding hydrogens is 213 g/mol. The van der Waals surface area contributed by atoms with Gasteiger partial charge in [-0.1, -0.05) is 0 Å². The van der Waals surface area contributed by atoms with Crippen molar-refractivity contribution in [2.75, 3.05) is 24.4 Å². The van der Waals surface area contributed by atoms with Crippen LogP contribution >= 0.6 is 24.8 Å². The topological polar surface area (TPSA) is 67.1 Å². The molecule has 76 valence electrons. The average Bonchev–Trinajstić information content (AvgIpc) is 2.05. The average molecular weight is 226 g/mol. The number of hydrogen-bond donors (Lipinski definition) is 2. The number of anilines is 2. The summed E-state index contributed by atoms with van der Waals surface area (Å²) >= 11 is 0. The molecule has 1 rings (SSSR count). The Kier molecular flexibility index (Phi) is 7.60. The van der Waals surface area contributed by atoms with Crippen LogP contribution in [-0.2, 0) is 0 Å². The Morgan fingerprint density at radius 1 is 1.23 bits per heavy atom. The smallest absolute Gasteiger partial charge is 0.162 e. The monoisotopic (exact) mass is 225 g/mol. The molecule has 1 heterocycles. The Hall–Kier alpha value is -0.780. The van der Waals surface area contributed by atoms with Crippen LogP contribution in [0.5, 0.6) is 0 Å². The molecule has 7 heteroatoms. The molecule has 0 radical (unpaired) electrons. The van der Waals surface area contributed by atoms with Crippen molar-refractivity contribution in [2.24, 2.45) is 5.84 Å². The number of hydrazine groups is 1. The van der Waals surface area contributed by atoms with Crippen molar-refractivity contribution in [1.29, 1.82) is 0 Å². The maximum absolute atomic E-state index is 5.11. The first kappa shape index (κ1) is 14.7. The Morgan fingerprint density at radius 3 is 2.15 bits per heavy atom. The third-order valence-corrected chi connectivity index (χ3v) is 1.26. The van der Waals surface area contributed by atoms with Gasteiger partial charge in [0.1, 0.15) is 0 Å². The lowest BCUT2D eigenvalue weighted by molar-refractivity contribution is 0.961. The number of aromatic nitrogens is 2. The number of nitrogens with two attached hydrogens (primary N) is 1. The van der Waals surface area contributed by atoms with Gasteiger partial charge in [0.05, 0.1) is 0 Å². The van der Waals surface area contributed by atoms with E-state index in [-0.39, 0.29) is 24.8 Å². The van der Waals surface area contributed by atoms with Crippen molar-refractivity contribution in [2.45, 2.75) is 0 Å². The summed E-state index contributed by atoms with van der Waals surface area (Å²) in [6.45, 7) is 0. The molecule has 0 saturated heterocycles. The Morgan fingerprint density at radius 2 is 1.85 bits per heavy atom. The fraction of sp³-hybridized carbons (Fsp3) is 0.333. The van der Waals surface area contributed by atoms with Crippen molar-refractivity contribution in [3.8, 4) is 0 Å². The van der Waals surface area contributed by atoms with Crippen LogP contribution in [0.15, 0.2) is 12.1 Å². The summed E-state index contributed by atoms with van der Waals surface area (Å²) in [7, 11) is 3.80. The molecule has 1 aromatic heterocycles. The second kappa shape index (κ2) is 6.71. The summed E-state index contributed by atoms with van der Waals surface area (Å²) in [4.78, 5) is 1.87. The number of nitrogens with zero attached hydrogens (tertiary/aromatic N) is 3. The SMILES string of the molecule is CN(C)c1ccc(NN)nn1.Cl.Cl. The van der Waals surface area contributed by atoms with E-state index in [1.807, 2.05) is 25.1 Å². The van der Waals surface area contributed by atoms with E-state index in [4.69, 9.17) is 5.84 Å². The lowest BCUT2D eigenvalue weighted by atomic mass is 10.5. The minimum absolute atomic E-state index is 0. The van der Waals surface area contributed by atoms with E-state index in [1.54, 1.807) is 6.07 Å². The molecule has 0 spiro atoms. The molecule has 3 N–H and O–H groups in total. The highest BCUT2D eigenvalue weighted by Crippen LogP contribution is 2.06. The van der Waals surface area contributed by atoms with E-state index in [2.05, 4.69) is 15.6 Å². The molecule has 0 aromatic carbocycles. The van der Waals surface area contributed by atoms with Crippen molar-refractivity contribution >= 4 is 36.4 Å².